The maximum atomic E-state index is 11.1. The Balaban J connectivity index is 2.64. The van der Waals surface area contributed by atoms with Crippen molar-refractivity contribution in [3.8, 4) is 0 Å². The summed E-state index contributed by atoms with van der Waals surface area (Å²) in [4.78, 5) is 14.9. The quantitative estimate of drug-likeness (QED) is 0.613. The van der Waals surface area contributed by atoms with Gasteiger partial charge in [0.25, 0.3) is 0 Å². The Bertz CT molecular complexity index is 328. The lowest BCUT2D eigenvalue weighted by Crippen LogP contribution is -2.18. The molecule has 3 nitrogen and oxygen atoms in total. The largest absolute Gasteiger partial charge is 0.468 e. The van der Waals surface area contributed by atoms with Gasteiger partial charge < -0.3 is 4.74 Å². The molecule has 1 atom stereocenters. The number of carbonyl (C=O) groups is 1. The number of rotatable bonds is 3. The average molecular weight is 258 g/mol. The van der Waals surface area contributed by atoms with Gasteiger partial charge in [-0.25, -0.2) is 0 Å². The first-order valence-corrected chi connectivity index (χ1v) is 5.17. The van der Waals surface area contributed by atoms with Crippen molar-refractivity contribution in [2.75, 3.05) is 7.11 Å². The van der Waals surface area contributed by atoms with Gasteiger partial charge in [0.2, 0.25) is 0 Å². The minimum absolute atomic E-state index is 0.258. The van der Waals surface area contributed by atoms with Crippen LogP contribution in [0, 0.1) is 6.92 Å². The lowest BCUT2D eigenvalue weighted by molar-refractivity contribution is -0.139. The monoisotopic (exact) mass is 257 g/mol. The molecule has 1 rings (SSSR count). The zero-order valence-corrected chi connectivity index (χ0v) is 9.74. The number of methoxy groups -OCH3 is 1. The fourth-order valence-electron chi connectivity index (χ4n) is 1.15. The maximum Gasteiger partial charge on any atom is 0.319 e. The van der Waals surface area contributed by atoms with Gasteiger partial charge in [0, 0.05) is 12.4 Å². The van der Waals surface area contributed by atoms with Crippen molar-refractivity contribution in [2.45, 2.75) is 18.2 Å². The number of carbonyl (C=O) groups excluding carboxylic acids is 1. The molecule has 0 saturated heterocycles. The molecule has 0 aliphatic carbocycles. The number of pyridine rings is 1. The third-order valence-corrected chi connectivity index (χ3v) is 2.50. The molecule has 0 aromatic carbocycles. The lowest BCUT2D eigenvalue weighted by Gasteiger charge is -2.07. The summed E-state index contributed by atoms with van der Waals surface area (Å²) in [5, 5.41) is 0. The van der Waals surface area contributed by atoms with Gasteiger partial charge in [-0.1, -0.05) is 22.0 Å². The van der Waals surface area contributed by atoms with E-state index in [1.165, 1.54) is 7.11 Å². The third kappa shape index (κ3) is 3.10. The number of halogens is 1. The van der Waals surface area contributed by atoms with E-state index in [-0.39, 0.29) is 10.8 Å². The Morgan fingerprint density at radius 2 is 2.36 bits per heavy atom. The summed E-state index contributed by atoms with van der Waals surface area (Å²) in [5.41, 5.74) is 2.12. The highest BCUT2D eigenvalue weighted by Gasteiger charge is 2.15. The first-order valence-electron chi connectivity index (χ1n) is 4.26. The van der Waals surface area contributed by atoms with E-state index in [1.54, 1.807) is 12.4 Å². The predicted molar refractivity (Wildman–Crippen MR) is 57.4 cm³/mol. The molecule has 1 aromatic rings. The van der Waals surface area contributed by atoms with Gasteiger partial charge in [-0.3, -0.25) is 9.78 Å². The van der Waals surface area contributed by atoms with Crippen LogP contribution in [0.4, 0.5) is 0 Å². The van der Waals surface area contributed by atoms with Crippen molar-refractivity contribution in [1.29, 1.82) is 0 Å². The first-order chi connectivity index (χ1) is 6.63. The van der Waals surface area contributed by atoms with Crippen molar-refractivity contribution in [1.82, 2.24) is 4.98 Å². The van der Waals surface area contributed by atoms with Gasteiger partial charge in [0.15, 0.2) is 0 Å². The van der Waals surface area contributed by atoms with E-state index in [0.29, 0.717) is 6.42 Å². The van der Waals surface area contributed by atoms with E-state index in [1.807, 2.05) is 13.0 Å². The number of hydrogen-bond acceptors (Lipinski definition) is 3. The predicted octanol–water partition coefficient (Wildman–Crippen LogP) is 1.87. The van der Waals surface area contributed by atoms with Crippen LogP contribution in [0.15, 0.2) is 18.5 Å². The van der Waals surface area contributed by atoms with Crippen molar-refractivity contribution in [3.05, 3.63) is 29.6 Å². The van der Waals surface area contributed by atoms with Gasteiger partial charge in [0.1, 0.15) is 4.83 Å². The summed E-state index contributed by atoms with van der Waals surface area (Å²) in [5.74, 6) is -0.258. The number of nitrogens with zero attached hydrogens (tertiary/aromatic N) is 1. The van der Waals surface area contributed by atoms with Crippen LogP contribution < -0.4 is 0 Å². The molecule has 0 spiro atoms. The maximum absolute atomic E-state index is 11.1. The number of ether oxygens (including phenoxy) is 1. The average Bonchev–Trinajstić information content (AvgIpc) is 2.16. The Labute approximate surface area is 91.6 Å². The fourth-order valence-corrected chi connectivity index (χ4v) is 1.71. The van der Waals surface area contributed by atoms with Crippen LogP contribution in [-0.2, 0) is 16.0 Å². The number of alkyl halides is 1. The molecule has 76 valence electrons. The smallest absolute Gasteiger partial charge is 0.319 e. The number of hydrogen-bond donors (Lipinski definition) is 0. The van der Waals surface area contributed by atoms with Gasteiger partial charge in [-0.05, 0) is 24.5 Å². The molecule has 0 bridgehead atoms. The second-order valence-electron chi connectivity index (χ2n) is 3.07. The highest BCUT2D eigenvalue weighted by Crippen LogP contribution is 2.11. The Hall–Kier alpha value is -0.900. The molecular weight excluding hydrogens is 246 g/mol. The first kappa shape index (κ1) is 11.2. The molecule has 0 aliphatic rings. The van der Waals surface area contributed by atoms with E-state index in [2.05, 4.69) is 25.7 Å². The van der Waals surface area contributed by atoms with Gasteiger partial charge in [-0.15, -0.1) is 0 Å². The molecule has 1 aromatic heterocycles. The SMILES string of the molecule is COC(=O)C(Br)Cc1cncc(C)c1. The summed E-state index contributed by atoms with van der Waals surface area (Å²) in [6, 6.07) is 2.00. The second kappa shape index (κ2) is 5.10. The molecular formula is C10H12BrNO2. The summed E-state index contributed by atoms with van der Waals surface area (Å²) in [7, 11) is 1.38. The molecule has 0 radical (unpaired) electrons. The van der Waals surface area contributed by atoms with Crippen LogP contribution in [-0.4, -0.2) is 22.9 Å². The van der Waals surface area contributed by atoms with E-state index in [4.69, 9.17) is 0 Å². The Kier molecular flexibility index (Phi) is 4.07. The lowest BCUT2D eigenvalue weighted by atomic mass is 10.1. The molecule has 0 fully saturated rings. The highest BCUT2D eigenvalue weighted by molar-refractivity contribution is 9.10. The van der Waals surface area contributed by atoms with E-state index >= 15 is 0 Å². The van der Waals surface area contributed by atoms with Crippen LogP contribution in [0.25, 0.3) is 0 Å². The molecule has 1 unspecified atom stereocenters. The zero-order valence-electron chi connectivity index (χ0n) is 8.16. The van der Waals surface area contributed by atoms with Gasteiger partial charge >= 0.3 is 5.97 Å². The van der Waals surface area contributed by atoms with Crippen LogP contribution in [0.2, 0.25) is 0 Å². The Morgan fingerprint density at radius 3 is 2.93 bits per heavy atom. The summed E-state index contributed by atoms with van der Waals surface area (Å²) in [6.07, 6.45) is 4.14. The number of aromatic nitrogens is 1. The molecule has 0 saturated carbocycles. The van der Waals surface area contributed by atoms with Gasteiger partial charge in [0.05, 0.1) is 7.11 Å². The standard InChI is InChI=1S/C10H12BrNO2/c1-7-3-8(6-12-5-7)4-9(11)10(13)14-2/h3,5-6,9H,4H2,1-2H3. The molecule has 0 N–H and O–H groups in total. The van der Waals surface area contributed by atoms with Crippen molar-refractivity contribution >= 4 is 21.9 Å². The zero-order chi connectivity index (χ0) is 10.6. The van der Waals surface area contributed by atoms with Crippen molar-refractivity contribution in [2.24, 2.45) is 0 Å². The van der Waals surface area contributed by atoms with Crippen LogP contribution in [0.3, 0.4) is 0 Å². The number of esters is 1. The molecule has 4 heteroatoms. The van der Waals surface area contributed by atoms with Crippen molar-refractivity contribution < 1.29 is 9.53 Å². The summed E-state index contributed by atoms with van der Waals surface area (Å²) in [6.45, 7) is 1.97. The van der Waals surface area contributed by atoms with E-state index in [0.717, 1.165) is 11.1 Å². The Morgan fingerprint density at radius 1 is 1.64 bits per heavy atom. The minimum Gasteiger partial charge on any atom is -0.468 e. The third-order valence-electron chi connectivity index (χ3n) is 1.80. The summed E-state index contributed by atoms with van der Waals surface area (Å²) >= 11 is 3.26. The fraction of sp³-hybridized carbons (Fsp3) is 0.400. The van der Waals surface area contributed by atoms with E-state index in [9.17, 15) is 4.79 Å². The van der Waals surface area contributed by atoms with Crippen LogP contribution >= 0.6 is 15.9 Å². The normalized spacial score (nSPS) is 12.2. The van der Waals surface area contributed by atoms with Crippen LogP contribution in [0.5, 0.6) is 0 Å². The van der Waals surface area contributed by atoms with Crippen molar-refractivity contribution in [3.63, 3.8) is 0 Å². The summed E-state index contributed by atoms with van der Waals surface area (Å²) < 4.78 is 4.61. The van der Waals surface area contributed by atoms with E-state index < -0.39 is 0 Å². The molecule has 0 amide bonds. The van der Waals surface area contributed by atoms with Gasteiger partial charge in [-0.2, -0.15) is 0 Å². The topological polar surface area (TPSA) is 39.2 Å². The molecule has 1 heterocycles. The molecule has 14 heavy (non-hydrogen) atoms. The number of aryl methyl sites for hydroxylation is 1. The van der Waals surface area contributed by atoms with Crippen LogP contribution in [0.1, 0.15) is 11.1 Å². The minimum atomic E-state index is -0.295. The molecule has 0 aliphatic heterocycles. The second-order valence-corrected chi connectivity index (χ2v) is 4.17. The highest BCUT2D eigenvalue weighted by atomic mass is 79.9.